The topological polar surface area (TPSA) is 37.0 Å². The third kappa shape index (κ3) is 1.80. The Morgan fingerprint density at radius 1 is 1.33 bits per heavy atom. The Labute approximate surface area is 72.1 Å². The number of piperidine rings is 1. The first-order chi connectivity index (χ1) is 5.95. The Hall–Kier alpha value is -0.960. The summed E-state index contributed by atoms with van der Waals surface area (Å²) in [4.78, 5) is 2.98. The smallest absolute Gasteiger partial charge is 0.137 e. The van der Waals surface area contributed by atoms with Crippen LogP contribution in [0.25, 0.3) is 0 Å². The molecule has 2 rings (SSSR count). The summed E-state index contributed by atoms with van der Waals surface area (Å²) in [6, 6.07) is 1.96. The van der Waals surface area contributed by atoms with Gasteiger partial charge < -0.3 is 15.0 Å². The maximum Gasteiger partial charge on any atom is 0.137 e. The SMILES string of the molecule is c1cc(OC2CCNCC2)c[nH]1. The summed E-state index contributed by atoms with van der Waals surface area (Å²) in [5.41, 5.74) is 0. The molecule has 1 aromatic heterocycles. The first-order valence-corrected chi connectivity index (χ1v) is 4.45. The molecule has 0 saturated carbocycles. The zero-order valence-corrected chi connectivity index (χ0v) is 7.05. The molecule has 2 N–H and O–H groups in total. The van der Waals surface area contributed by atoms with E-state index in [1.54, 1.807) is 0 Å². The van der Waals surface area contributed by atoms with E-state index in [4.69, 9.17) is 4.74 Å². The molecule has 1 aliphatic rings. The zero-order valence-electron chi connectivity index (χ0n) is 7.05. The van der Waals surface area contributed by atoms with Gasteiger partial charge in [-0.2, -0.15) is 0 Å². The molecule has 1 fully saturated rings. The number of hydrogen-bond acceptors (Lipinski definition) is 2. The highest BCUT2D eigenvalue weighted by molar-refractivity contribution is 5.16. The minimum Gasteiger partial charge on any atom is -0.489 e. The zero-order chi connectivity index (χ0) is 8.23. The Morgan fingerprint density at radius 2 is 2.17 bits per heavy atom. The summed E-state index contributed by atoms with van der Waals surface area (Å²) in [6.07, 6.45) is 6.41. The fourth-order valence-electron chi connectivity index (χ4n) is 1.49. The lowest BCUT2D eigenvalue weighted by Crippen LogP contribution is -2.34. The molecule has 0 aromatic carbocycles. The van der Waals surface area contributed by atoms with E-state index in [-0.39, 0.29) is 0 Å². The molecule has 0 radical (unpaired) electrons. The van der Waals surface area contributed by atoms with Crippen molar-refractivity contribution in [2.75, 3.05) is 13.1 Å². The Balaban J connectivity index is 1.86. The average molecular weight is 166 g/mol. The summed E-state index contributed by atoms with van der Waals surface area (Å²) in [5.74, 6) is 0.960. The highest BCUT2D eigenvalue weighted by Crippen LogP contribution is 2.14. The van der Waals surface area contributed by atoms with E-state index in [1.807, 2.05) is 18.5 Å². The molecule has 0 amide bonds. The number of rotatable bonds is 2. The summed E-state index contributed by atoms with van der Waals surface area (Å²) in [7, 11) is 0. The lowest BCUT2D eigenvalue weighted by Gasteiger charge is -2.22. The Morgan fingerprint density at radius 3 is 2.83 bits per heavy atom. The fourth-order valence-corrected chi connectivity index (χ4v) is 1.49. The molecular formula is C9H14N2O. The maximum absolute atomic E-state index is 5.72. The molecular weight excluding hydrogens is 152 g/mol. The quantitative estimate of drug-likeness (QED) is 0.691. The summed E-state index contributed by atoms with van der Waals surface area (Å²) >= 11 is 0. The highest BCUT2D eigenvalue weighted by atomic mass is 16.5. The van der Waals surface area contributed by atoms with Crippen molar-refractivity contribution in [3.8, 4) is 5.75 Å². The van der Waals surface area contributed by atoms with Gasteiger partial charge in [-0.25, -0.2) is 0 Å². The number of H-pyrrole nitrogens is 1. The van der Waals surface area contributed by atoms with Crippen LogP contribution in [-0.2, 0) is 0 Å². The molecule has 1 saturated heterocycles. The van der Waals surface area contributed by atoms with E-state index in [1.165, 1.54) is 0 Å². The summed E-state index contributed by atoms with van der Waals surface area (Å²) in [5, 5.41) is 3.31. The maximum atomic E-state index is 5.72. The number of ether oxygens (including phenoxy) is 1. The van der Waals surface area contributed by atoms with Crippen molar-refractivity contribution in [3.05, 3.63) is 18.5 Å². The van der Waals surface area contributed by atoms with E-state index >= 15 is 0 Å². The molecule has 12 heavy (non-hydrogen) atoms. The van der Waals surface area contributed by atoms with Crippen LogP contribution in [-0.4, -0.2) is 24.2 Å². The van der Waals surface area contributed by atoms with Crippen molar-refractivity contribution in [2.45, 2.75) is 18.9 Å². The van der Waals surface area contributed by atoms with Crippen LogP contribution in [0, 0.1) is 0 Å². The van der Waals surface area contributed by atoms with Crippen molar-refractivity contribution in [3.63, 3.8) is 0 Å². The number of hydrogen-bond donors (Lipinski definition) is 2. The van der Waals surface area contributed by atoms with E-state index < -0.39 is 0 Å². The van der Waals surface area contributed by atoms with Crippen LogP contribution in [0.15, 0.2) is 18.5 Å². The molecule has 0 unspecified atom stereocenters. The number of aromatic nitrogens is 1. The van der Waals surface area contributed by atoms with Gasteiger partial charge in [-0.15, -0.1) is 0 Å². The highest BCUT2D eigenvalue weighted by Gasteiger charge is 2.13. The molecule has 3 heteroatoms. The Bertz CT molecular complexity index is 214. The van der Waals surface area contributed by atoms with Crippen LogP contribution >= 0.6 is 0 Å². The second-order valence-electron chi connectivity index (χ2n) is 3.11. The largest absolute Gasteiger partial charge is 0.489 e. The van der Waals surface area contributed by atoms with Crippen LogP contribution in [0.1, 0.15) is 12.8 Å². The molecule has 1 aliphatic heterocycles. The van der Waals surface area contributed by atoms with Crippen LogP contribution in [0.4, 0.5) is 0 Å². The molecule has 0 bridgehead atoms. The molecule has 0 aliphatic carbocycles. The fraction of sp³-hybridized carbons (Fsp3) is 0.556. The summed E-state index contributed by atoms with van der Waals surface area (Å²) < 4.78 is 5.72. The van der Waals surface area contributed by atoms with Gasteiger partial charge in [-0.3, -0.25) is 0 Å². The van der Waals surface area contributed by atoms with Crippen LogP contribution in [0.3, 0.4) is 0 Å². The monoisotopic (exact) mass is 166 g/mol. The third-order valence-electron chi connectivity index (χ3n) is 2.16. The van der Waals surface area contributed by atoms with Crippen molar-refractivity contribution in [2.24, 2.45) is 0 Å². The molecule has 0 spiro atoms. The van der Waals surface area contributed by atoms with Gasteiger partial charge in [0.15, 0.2) is 0 Å². The van der Waals surface area contributed by atoms with E-state index in [0.717, 1.165) is 31.7 Å². The predicted octanol–water partition coefficient (Wildman–Crippen LogP) is 1.15. The van der Waals surface area contributed by atoms with Crippen LogP contribution in [0.5, 0.6) is 5.75 Å². The minimum atomic E-state index is 0.405. The van der Waals surface area contributed by atoms with Crippen molar-refractivity contribution < 1.29 is 4.74 Å². The first kappa shape index (κ1) is 7.68. The number of nitrogens with one attached hydrogen (secondary N) is 2. The van der Waals surface area contributed by atoms with Crippen molar-refractivity contribution >= 4 is 0 Å². The second-order valence-corrected chi connectivity index (χ2v) is 3.11. The van der Waals surface area contributed by atoms with Crippen LogP contribution in [0.2, 0.25) is 0 Å². The molecule has 3 nitrogen and oxygen atoms in total. The van der Waals surface area contributed by atoms with Gasteiger partial charge in [-0.1, -0.05) is 0 Å². The van der Waals surface area contributed by atoms with Crippen molar-refractivity contribution in [1.29, 1.82) is 0 Å². The minimum absolute atomic E-state index is 0.405. The van der Waals surface area contributed by atoms with Crippen LogP contribution < -0.4 is 10.1 Å². The normalized spacial score (nSPS) is 19.3. The molecule has 66 valence electrons. The predicted molar refractivity (Wildman–Crippen MR) is 47.3 cm³/mol. The average Bonchev–Trinajstić information content (AvgIpc) is 2.59. The lowest BCUT2D eigenvalue weighted by molar-refractivity contribution is 0.162. The van der Waals surface area contributed by atoms with Gasteiger partial charge in [0, 0.05) is 12.4 Å². The van der Waals surface area contributed by atoms with E-state index in [0.29, 0.717) is 6.10 Å². The molecule has 2 heterocycles. The lowest BCUT2D eigenvalue weighted by atomic mass is 10.1. The van der Waals surface area contributed by atoms with Gasteiger partial charge in [0.1, 0.15) is 11.9 Å². The van der Waals surface area contributed by atoms with Gasteiger partial charge in [0.2, 0.25) is 0 Å². The summed E-state index contributed by atoms with van der Waals surface area (Å²) in [6.45, 7) is 2.16. The number of aromatic amines is 1. The third-order valence-corrected chi connectivity index (χ3v) is 2.16. The van der Waals surface area contributed by atoms with E-state index in [9.17, 15) is 0 Å². The van der Waals surface area contributed by atoms with Gasteiger partial charge in [-0.05, 0) is 32.0 Å². The Kier molecular flexibility index (Phi) is 2.32. The van der Waals surface area contributed by atoms with E-state index in [2.05, 4.69) is 10.3 Å². The van der Waals surface area contributed by atoms with Gasteiger partial charge >= 0.3 is 0 Å². The standard InChI is InChI=1S/C9H14N2O/c1-4-10-5-2-8(1)12-9-3-6-11-7-9/h3,6-8,10-11H,1-2,4-5H2. The second kappa shape index (κ2) is 3.63. The molecule has 1 aromatic rings. The van der Waals surface area contributed by atoms with Gasteiger partial charge in [0.05, 0.1) is 0 Å². The van der Waals surface area contributed by atoms with Gasteiger partial charge in [0.25, 0.3) is 0 Å². The first-order valence-electron chi connectivity index (χ1n) is 4.45. The van der Waals surface area contributed by atoms with Crippen molar-refractivity contribution in [1.82, 2.24) is 10.3 Å². The molecule has 0 atom stereocenters.